The molecule has 1 saturated carbocycles. The van der Waals surface area contributed by atoms with Crippen LogP contribution in [0.5, 0.6) is 0 Å². The van der Waals surface area contributed by atoms with E-state index in [0.29, 0.717) is 24.8 Å². The highest BCUT2D eigenvalue weighted by Crippen LogP contribution is 2.45. The van der Waals surface area contributed by atoms with Gasteiger partial charge in [-0.3, -0.25) is 14.5 Å². The van der Waals surface area contributed by atoms with E-state index in [1.54, 1.807) is 0 Å². The predicted molar refractivity (Wildman–Crippen MR) is 119 cm³/mol. The molecule has 3 heterocycles. The number of piperidine rings is 1. The van der Waals surface area contributed by atoms with Crippen molar-refractivity contribution >= 4 is 17.8 Å². The lowest BCUT2D eigenvalue weighted by Gasteiger charge is -2.42. The van der Waals surface area contributed by atoms with Crippen molar-refractivity contribution in [2.24, 2.45) is 11.3 Å². The summed E-state index contributed by atoms with van der Waals surface area (Å²) in [6.45, 7) is 10.5. The zero-order chi connectivity index (χ0) is 22.2. The van der Waals surface area contributed by atoms with Gasteiger partial charge in [0.1, 0.15) is 12.1 Å². The van der Waals surface area contributed by atoms with Gasteiger partial charge in [0, 0.05) is 19.1 Å². The Morgan fingerprint density at radius 3 is 2.23 bits per heavy atom. The largest absolute Gasteiger partial charge is 0.341 e. The SMILES string of the molecule is CCC(C)(C)C1CCC2(CC1)NC(=O)N(CC(=O)N1CCC(N3CCCC3)CC1)C2=O. The van der Waals surface area contributed by atoms with Gasteiger partial charge in [-0.05, 0) is 75.8 Å². The molecule has 0 atom stereocenters. The highest BCUT2D eigenvalue weighted by Gasteiger charge is 2.54. The Bertz CT molecular complexity index is 700. The van der Waals surface area contributed by atoms with Crippen LogP contribution in [0, 0.1) is 11.3 Å². The molecular formula is C24H40N4O3. The highest BCUT2D eigenvalue weighted by atomic mass is 16.2. The maximum Gasteiger partial charge on any atom is 0.325 e. The first-order chi connectivity index (χ1) is 14.8. The molecule has 3 aliphatic heterocycles. The molecule has 174 valence electrons. The van der Waals surface area contributed by atoms with Gasteiger partial charge in [-0.25, -0.2) is 4.79 Å². The molecule has 3 saturated heterocycles. The summed E-state index contributed by atoms with van der Waals surface area (Å²) in [5.41, 5.74) is -0.537. The molecule has 0 aromatic carbocycles. The Hall–Kier alpha value is -1.63. The molecule has 1 spiro atoms. The van der Waals surface area contributed by atoms with Crippen molar-refractivity contribution in [3.05, 3.63) is 0 Å². The lowest BCUT2D eigenvalue weighted by molar-refractivity contribution is -0.140. The monoisotopic (exact) mass is 432 g/mol. The molecule has 0 aromatic heterocycles. The number of nitrogens with one attached hydrogen (secondary N) is 1. The molecule has 0 radical (unpaired) electrons. The maximum absolute atomic E-state index is 13.2. The van der Waals surface area contributed by atoms with Crippen LogP contribution in [0.4, 0.5) is 4.79 Å². The third-order valence-electron chi connectivity index (χ3n) is 8.87. The molecule has 4 rings (SSSR count). The molecular weight excluding hydrogens is 392 g/mol. The minimum Gasteiger partial charge on any atom is -0.341 e. The van der Waals surface area contributed by atoms with Crippen LogP contribution in [0.25, 0.3) is 0 Å². The molecule has 7 nitrogen and oxygen atoms in total. The number of urea groups is 1. The van der Waals surface area contributed by atoms with Gasteiger partial charge in [0.25, 0.3) is 5.91 Å². The fraction of sp³-hybridized carbons (Fsp3) is 0.875. The van der Waals surface area contributed by atoms with Crippen molar-refractivity contribution in [1.29, 1.82) is 0 Å². The fourth-order valence-electron chi connectivity index (χ4n) is 6.16. The fourth-order valence-corrected chi connectivity index (χ4v) is 6.16. The molecule has 0 aromatic rings. The van der Waals surface area contributed by atoms with Crippen molar-refractivity contribution < 1.29 is 14.4 Å². The molecule has 4 amide bonds. The first-order valence-corrected chi connectivity index (χ1v) is 12.4. The predicted octanol–water partition coefficient (Wildman–Crippen LogP) is 2.99. The van der Waals surface area contributed by atoms with Gasteiger partial charge < -0.3 is 15.1 Å². The van der Waals surface area contributed by atoms with Crippen molar-refractivity contribution in [2.45, 2.75) is 90.1 Å². The molecule has 0 bridgehead atoms. The number of hydrogen-bond acceptors (Lipinski definition) is 4. The Morgan fingerprint density at radius 2 is 1.65 bits per heavy atom. The Kier molecular flexibility index (Phi) is 6.35. The van der Waals surface area contributed by atoms with E-state index in [9.17, 15) is 14.4 Å². The Labute approximate surface area is 186 Å². The first kappa shape index (κ1) is 22.6. The number of rotatable bonds is 5. The number of carbonyl (C=O) groups is 3. The first-order valence-electron chi connectivity index (χ1n) is 12.4. The van der Waals surface area contributed by atoms with Gasteiger partial charge in [-0.2, -0.15) is 0 Å². The van der Waals surface area contributed by atoms with E-state index < -0.39 is 11.6 Å². The summed E-state index contributed by atoms with van der Waals surface area (Å²) in [6, 6.07) is 0.188. The van der Waals surface area contributed by atoms with E-state index in [0.717, 1.165) is 45.2 Å². The molecule has 4 aliphatic rings. The second-order valence-electron chi connectivity index (χ2n) is 10.9. The van der Waals surface area contributed by atoms with E-state index >= 15 is 0 Å². The molecule has 31 heavy (non-hydrogen) atoms. The third kappa shape index (κ3) is 4.35. The summed E-state index contributed by atoms with van der Waals surface area (Å²) < 4.78 is 0. The van der Waals surface area contributed by atoms with Crippen LogP contribution < -0.4 is 5.32 Å². The number of hydrogen-bond donors (Lipinski definition) is 1. The lowest BCUT2D eigenvalue weighted by Crippen LogP contribution is -2.52. The summed E-state index contributed by atoms with van der Waals surface area (Å²) in [5, 5.41) is 2.97. The average molecular weight is 433 g/mol. The lowest BCUT2D eigenvalue weighted by atomic mass is 9.65. The van der Waals surface area contributed by atoms with Crippen molar-refractivity contribution in [2.75, 3.05) is 32.7 Å². The molecule has 4 fully saturated rings. The molecule has 1 aliphatic carbocycles. The van der Waals surface area contributed by atoms with E-state index in [1.807, 2.05) is 4.90 Å². The minimum atomic E-state index is -0.791. The average Bonchev–Trinajstić information content (AvgIpc) is 3.38. The molecule has 0 unspecified atom stereocenters. The Balaban J connectivity index is 1.31. The van der Waals surface area contributed by atoms with Crippen LogP contribution >= 0.6 is 0 Å². The number of carbonyl (C=O) groups excluding carboxylic acids is 3. The second-order valence-corrected chi connectivity index (χ2v) is 10.9. The zero-order valence-electron chi connectivity index (χ0n) is 19.6. The molecule has 1 N–H and O–H groups in total. The van der Waals surface area contributed by atoms with Gasteiger partial charge in [-0.1, -0.05) is 27.2 Å². The zero-order valence-corrected chi connectivity index (χ0v) is 19.6. The smallest absolute Gasteiger partial charge is 0.325 e. The minimum absolute atomic E-state index is 0.0961. The van der Waals surface area contributed by atoms with E-state index in [2.05, 4.69) is 31.0 Å². The van der Waals surface area contributed by atoms with Gasteiger partial charge in [-0.15, -0.1) is 0 Å². The van der Waals surface area contributed by atoms with Gasteiger partial charge in [0.05, 0.1) is 0 Å². The number of amides is 4. The van der Waals surface area contributed by atoms with Crippen LogP contribution in [0.1, 0.15) is 78.6 Å². The number of nitrogens with zero attached hydrogens (tertiary/aromatic N) is 3. The summed E-state index contributed by atoms with van der Waals surface area (Å²) in [4.78, 5) is 44.4. The normalized spacial score (nSPS) is 31.0. The summed E-state index contributed by atoms with van der Waals surface area (Å²) in [7, 11) is 0. The number of imide groups is 1. The molecule has 7 heteroatoms. The van der Waals surface area contributed by atoms with Gasteiger partial charge in [0.15, 0.2) is 0 Å². The van der Waals surface area contributed by atoms with Crippen LogP contribution in [0.3, 0.4) is 0 Å². The third-order valence-corrected chi connectivity index (χ3v) is 8.87. The van der Waals surface area contributed by atoms with Crippen LogP contribution in [-0.2, 0) is 9.59 Å². The van der Waals surface area contributed by atoms with E-state index in [1.165, 1.54) is 30.8 Å². The van der Waals surface area contributed by atoms with Crippen molar-refractivity contribution in [3.63, 3.8) is 0 Å². The summed E-state index contributed by atoms with van der Waals surface area (Å²) >= 11 is 0. The standard InChI is InChI=1S/C24H40N4O3/c1-4-23(2,3)18-7-11-24(12-8-18)21(30)28(22(31)25-24)17-20(29)27-15-9-19(10-16-27)26-13-5-6-14-26/h18-19H,4-17H2,1-3H3,(H,25,31). The van der Waals surface area contributed by atoms with Crippen molar-refractivity contribution in [3.8, 4) is 0 Å². The Morgan fingerprint density at radius 1 is 1.03 bits per heavy atom. The van der Waals surface area contributed by atoms with Crippen LogP contribution in [-0.4, -0.2) is 76.8 Å². The maximum atomic E-state index is 13.2. The van der Waals surface area contributed by atoms with E-state index in [4.69, 9.17) is 0 Å². The van der Waals surface area contributed by atoms with Crippen LogP contribution in [0.2, 0.25) is 0 Å². The topological polar surface area (TPSA) is 73.0 Å². The van der Waals surface area contributed by atoms with E-state index in [-0.39, 0.29) is 23.8 Å². The van der Waals surface area contributed by atoms with Crippen LogP contribution in [0.15, 0.2) is 0 Å². The summed E-state index contributed by atoms with van der Waals surface area (Å²) in [5.74, 6) is 0.284. The quantitative estimate of drug-likeness (QED) is 0.678. The second kappa shape index (κ2) is 8.72. The van der Waals surface area contributed by atoms with Gasteiger partial charge in [0.2, 0.25) is 5.91 Å². The van der Waals surface area contributed by atoms with Gasteiger partial charge >= 0.3 is 6.03 Å². The van der Waals surface area contributed by atoms with Crippen molar-refractivity contribution in [1.82, 2.24) is 20.0 Å². The number of likely N-dealkylation sites (tertiary alicyclic amines) is 2. The highest BCUT2D eigenvalue weighted by molar-refractivity contribution is 6.09. The summed E-state index contributed by atoms with van der Waals surface area (Å²) in [6.07, 6.45) is 8.90.